The molecule has 0 aliphatic heterocycles. The average Bonchev–Trinajstić information content (AvgIpc) is 2.32. The molecule has 0 fully saturated rings. The molecule has 2 aromatic carbocycles. The predicted molar refractivity (Wildman–Crippen MR) is 76.1 cm³/mol. The highest BCUT2D eigenvalue weighted by molar-refractivity contribution is 6.30. The summed E-state index contributed by atoms with van der Waals surface area (Å²) in [4.78, 5) is 0. The normalized spacial score (nSPS) is 10.4. The van der Waals surface area contributed by atoms with Gasteiger partial charge in [0, 0.05) is 5.02 Å². The van der Waals surface area contributed by atoms with Gasteiger partial charge in [0.05, 0.1) is 5.69 Å². The minimum absolute atomic E-state index is 0.513. The summed E-state index contributed by atoms with van der Waals surface area (Å²) < 4.78 is 5.73. The fourth-order valence-electron chi connectivity index (χ4n) is 1.76. The van der Waals surface area contributed by atoms with Gasteiger partial charge in [-0.3, -0.25) is 0 Å². The maximum atomic E-state index is 5.84. The smallest absolute Gasteiger partial charge is 0.142 e. The maximum Gasteiger partial charge on any atom is 0.142 e. The molecule has 18 heavy (non-hydrogen) atoms. The maximum absolute atomic E-state index is 5.84. The molecule has 2 nitrogen and oxygen atoms in total. The number of benzene rings is 2. The van der Waals surface area contributed by atoms with Crippen molar-refractivity contribution in [2.45, 2.75) is 20.5 Å². The molecule has 0 amide bonds. The third-order valence-electron chi connectivity index (χ3n) is 2.86. The number of nitrogens with two attached hydrogens (primary N) is 1. The number of hydrogen-bond acceptors (Lipinski definition) is 2. The Kier molecular flexibility index (Phi) is 3.78. The van der Waals surface area contributed by atoms with Gasteiger partial charge < -0.3 is 10.5 Å². The second-order valence-electron chi connectivity index (χ2n) is 4.40. The van der Waals surface area contributed by atoms with E-state index >= 15 is 0 Å². The summed E-state index contributed by atoms with van der Waals surface area (Å²) in [5.41, 5.74) is 10.0. The van der Waals surface area contributed by atoms with Crippen LogP contribution in [0.15, 0.2) is 36.4 Å². The van der Waals surface area contributed by atoms with E-state index in [0.29, 0.717) is 23.1 Å². The van der Waals surface area contributed by atoms with Crippen LogP contribution in [0.3, 0.4) is 0 Å². The Balaban J connectivity index is 2.13. The number of hydrogen-bond donors (Lipinski definition) is 1. The first-order chi connectivity index (χ1) is 8.56. The molecule has 0 aromatic heterocycles. The highest BCUT2D eigenvalue weighted by Gasteiger charge is 2.04. The van der Waals surface area contributed by atoms with Crippen LogP contribution in [0.5, 0.6) is 5.75 Å². The summed E-state index contributed by atoms with van der Waals surface area (Å²) in [5.74, 6) is 0.667. The number of ether oxygens (including phenoxy) is 1. The quantitative estimate of drug-likeness (QED) is 0.844. The lowest BCUT2D eigenvalue weighted by Crippen LogP contribution is -2.00. The van der Waals surface area contributed by atoms with Crippen molar-refractivity contribution in [2.24, 2.45) is 0 Å². The van der Waals surface area contributed by atoms with Crippen LogP contribution in [0.2, 0.25) is 5.02 Å². The zero-order valence-electron chi connectivity index (χ0n) is 10.5. The van der Waals surface area contributed by atoms with E-state index in [0.717, 1.165) is 0 Å². The van der Waals surface area contributed by atoms with Crippen molar-refractivity contribution in [1.82, 2.24) is 0 Å². The van der Waals surface area contributed by atoms with E-state index in [1.54, 1.807) is 18.2 Å². The van der Waals surface area contributed by atoms with E-state index in [-0.39, 0.29) is 0 Å². The van der Waals surface area contributed by atoms with E-state index in [2.05, 4.69) is 32.0 Å². The topological polar surface area (TPSA) is 35.2 Å². The molecule has 2 aromatic rings. The van der Waals surface area contributed by atoms with Crippen molar-refractivity contribution in [3.8, 4) is 5.75 Å². The molecular weight excluding hydrogens is 246 g/mol. The number of halogens is 1. The predicted octanol–water partition coefficient (Wildman–Crippen LogP) is 4.12. The zero-order valence-corrected chi connectivity index (χ0v) is 11.3. The first-order valence-electron chi connectivity index (χ1n) is 5.80. The molecule has 0 bridgehead atoms. The molecule has 0 saturated heterocycles. The van der Waals surface area contributed by atoms with Gasteiger partial charge in [-0.05, 0) is 43.2 Å². The average molecular weight is 262 g/mol. The Bertz CT molecular complexity index is 566. The molecule has 3 heteroatoms. The Labute approximate surface area is 112 Å². The highest BCUT2D eigenvalue weighted by Crippen LogP contribution is 2.26. The lowest BCUT2D eigenvalue weighted by Gasteiger charge is -2.11. The van der Waals surface area contributed by atoms with Gasteiger partial charge in [-0.15, -0.1) is 0 Å². The van der Waals surface area contributed by atoms with Crippen LogP contribution >= 0.6 is 11.6 Å². The van der Waals surface area contributed by atoms with E-state index in [4.69, 9.17) is 22.1 Å². The molecular formula is C15H16ClNO. The zero-order chi connectivity index (χ0) is 13.1. The number of rotatable bonds is 3. The van der Waals surface area contributed by atoms with Crippen LogP contribution in [0.1, 0.15) is 16.7 Å². The van der Waals surface area contributed by atoms with Crippen LogP contribution in [0, 0.1) is 13.8 Å². The van der Waals surface area contributed by atoms with Crippen LogP contribution in [-0.2, 0) is 6.61 Å². The van der Waals surface area contributed by atoms with Gasteiger partial charge in [-0.1, -0.05) is 35.4 Å². The summed E-state index contributed by atoms with van der Waals surface area (Å²) in [6, 6.07) is 11.6. The Morgan fingerprint density at radius 2 is 1.89 bits per heavy atom. The van der Waals surface area contributed by atoms with Crippen LogP contribution in [0.25, 0.3) is 0 Å². The molecule has 0 atom stereocenters. The number of aryl methyl sites for hydroxylation is 2. The third kappa shape index (κ3) is 2.96. The third-order valence-corrected chi connectivity index (χ3v) is 3.09. The molecule has 0 heterocycles. The lowest BCUT2D eigenvalue weighted by atomic mass is 10.1. The van der Waals surface area contributed by atoms with Gasteiger partial charge in [0.2, 0.25) is 0 Å². The monoisotopic (exact) mass is 261 g/mol. The van der Waals surface area contributed by atoms with Gasteiger partial charge in [-0.2, -0.15) is 0 Å². The lowest BCUT2D eigenvalue weighted by molar-refractivity contribution is 0.307. The van der Waals surface area contributed by atoms with Gasteiger partial charge in [0.15, 0.2) is 0 Å². The molecule has 0 aliphatic carbocycles. The van der Waals surface area contributed by atoms with Gasteiger partial charge in [0.25, 0.3) is 0 Å². The SMILES string of the molecule is Cc1ccc(C)c(COc2ccc(Cl)cc2N)c1. The largest absolute Gasteiger partial charge is 0.487 e. The second kappa shape index (κ2) is 5.32. The van der Waals surface area contributed by atoms with E-state index < -0.39 is 0 Å². The van der Waals surface area contributed by atoms with Crippen molar-refractivity contribution in [2.75, 3.05) is 5.73 Å². The molecule has 2 rings (SSSR count). The number of anilines is 1. The van der Waals surface area contributed by atoms with E-state index in [9.17, 15) is 0 Å². The summed E-state index contributed by atoms with van der Waals surface area (Å²) in [6.45, 7) is 4.66. The van der Waals surface area contributed by atoms with Crippen LogP contribution < -0.4 is 10.5 Å². The van der Waals surface area contributed by atoms with Crippen molar-refractivity contribution < 1.29 is 4.74 Å². The second-order valence-corrected chi connectivity index (χ2v) is 4.84. The summed E-state index contributed by atoms with van der Waals surface area (Å²) in [7, 11) is 0. The summed E-state index contributed by atoms with van der Waals surface area (Å²) in [6.07, 6.45) is 0. The first kappa shape index (κ1) is 12.8. The molecule has 0 saturated carbocycles. The molecule has 0 radical (unpaired) electrons. The molecule has 0 unspecified atom stereocenters. The minimum Gasteiger partial charge on any atom is -0.487 e. The molecule has 94 valence electrons. The van der Waals surface area contributed by atoms with Crippen molar-refractivity contribution in [3.05, 3.63) is 58.1 Å². The van der Waals surface area contributed by atoms with Gasteiger partial charge >= 0.3 is 0 Å². The Hall–Kier alpha value is -1.67. The standard InChI is InChI=1S/C15H16ClNO/c1-10-3-4-11(2)12(7-10)9-18-15-6-5-13(16)8-14(15)17/h3-8H,9,17H2,1-2H3. The molecule has 2 N–H and O–H groups in total. The molecule has 0 aliphatic rings. The summed E-state index contributed by atoms with van der Waals surface area (Å²) in [5, 5.41) is 0.617. The summed E-state index contributed by atoms with van der Waals surface area (Å²) >= 11 is 5.84. The molecule has 0 spiro atoms. The van der Waals surface area contributed by atoms with Crippen molar-refractivity contribution >= 4 is 17.3 Å². The fraction of sp³-hybridized carbons (Fsp3) is 0.200. The van der Waals surface area contributed by atoms with Crippen LogP contribution in [-0.4, -0.2) is 0 Å². The highest BCUT2D eigenvalue weighted by atomic mass is 35.5. The fourth-order valence-corrected chi connectivity index (χ4v) is 1.94. The van der Waals surface area contributed by atoms with Crippen molar-refractivity contribution in [3.63, 3.8) is 0 Å². The Morgan fingerprint density at radius 1 is 1.11 bits per heavy atom. The van der Waals surface area contributed by atoms with Crippen LogP contribution in [0.4, 0.5) is 5.69 Å². The minimum atomic E-state index is 0.513. The first-order valence-corrected chi connectivity index (χ1v) is 6.18. The van der Waals surface area contributed by atoms with E-state index in [1.807, 2.05) is 0 Å². The Morgan fingerprint density at radius 3 is 2.61 bits per heavy atom. The number of nitrogen functional groups attached to an aromatic ring is 1. The van der Waals surface area contributed by atoms with Gasteiger partial charge in [0.1, 0.15) is 12.4 Å². The van der Waals surface area contributed by atoms with Crippen molar-refractivity contribution in [1.29, 1.82) is 0 Å². The van der Waals surface area contributed by atoms with Gasteiger partial charge in [-0.25, -0.2) is 0 Å². The van der Waals surface area contributed by atoms with E-state index in [1.165, 1.54) is 16.7 Å².